The Labute approximate surface area is 165 Å². The van der Waals surface area contributed by atoms with Crippen LogP contribution in [0, 0.1) is 0 Å². The zero-order valence-corrected chi connectivity index (χ0v) is 17.0. The van der Waals surface area contributed by atoms with Crippen LogP contribution in [0.5, 0.6) is 5.75 Å². The van der Waals surface area contributed by atoms with E-state index in [0.717, 1.165) is 29.0 Å². The lowest BCUT2D eigenvalue weighted by atomic mass is 9.84. The van der Waals surface area contributed by atoms with Crippen LogP contribution in [0.15, 0.2) is 36.4 Å². The number of amides is 1. The van der Waals surface area contributed by atoms with Crippen molar-refractivity contribution in [3.63, 3.8) is 0 Å². The number of hydrogen-bond donors (Lipinski definition) is 2. The van der Waals surface area contributed by atoms with Crippen LogP contribution in [0.4, 0.5) is 0 Å². The molecule has 1 fully saturated rings. The summed E-state index contributed by atoms with van der Waals surface area (Å²) in [5.41, 5.74) is 1.01. The molecule has 0 spiro atoms. The summed E-state index contributed by atoms with van der Waals surface area (Å²) in [7, 11) is 0. The van der Waals surface area contributed by atoms with Gasteiger partial charge in [-0.3, -0.25) is 4.79 Å². The SMILES string of the molecule is CCOc1ccc(CC(=O)NCC2(c3ccc(C(C)O)s3)CCCC2)cc1. The molecule has 5 heteroatoms. The fraction of sp³-hybridized carbons (Fsp3) is 0.500. The van der Waals surface area contributed by atoms with Crippen LogP contribution in [0.1, 0.15) is 61.0 Å². The molecule has 1 atom stereocenters. The van der Waals surface area contributed by atoms with Crippen molar-refractivity contribution in [2.75, 3.05) is 13.2 Å². The number of carbonyl (C=O) groups excluding carboxylic acids is 1. The molecular formula is C22H29NO3S. The van der Waals surface area contributed by atoms with Gasteiger partial charge in [-0.25, -0.2) is 0 Å². The molecule has 1 aliphatic rings. The van der Waals surface area contributed by atoms with E-state index >= 15 is 0 Å². The van der Waals surface area contributed by atoms with E-state index in [1.165, 1.54) is 17.7 Å². The Morgan fingerprint density at radius 2 is 1.93 bits per heavy atom. The fourth-order valence-corrected chi connectivity index (χ4v) is 5.00. The van der Waals surface area contributed by atoms with E-state index in [4.69, 9.17) is 4.74 Å². The third-order valence-corrected chi connectivity index (χ3v) is 6.85. The van der Waals surface area contributed by atoms with Gasteiger partial charge >= 0.3 is 0 Å². The number of hydrogen-bond acceptors (Lipinski definition) is 4. The third-order valence-electron chi connectivity index (χ3n) is 5.34. The number of nitrogens with one attached hydrogen (secondary N) is 1. The summed E-state index contributed by atoms with van der Waals surface area (Å²) in [6, 6.07) is 11.9. The van der Waals surface area contributed by atoms with E-state index in [1.54, 1.807) is 18.3 Å². The van der Waals surface area contributed by atoms with Gasteiger partial charge in [-0.1, -0.05) is 25.0 Å². The van der Waals surface area contributed by atoms with Crippen molar-refractivity contribution < 1.29 is 14.6 Å². The maximum atomic E-state index is 12.5. The van der Waals surface area contributed by atoms with E-state index < -0.39 is 6.10 Å². The van der Waals surface area contributed by atoms with Crippen molar-refractivity contribution in [2.45, 2.75) is 57.5 Å². The van der Waals surface area contributed by atoms with E-state index in [1.807, 2.05) is 37.3 Å². The van der Waals surface area contributed by atoms with Crippen molar-refractivity contribution in [3.8, 4) is 5.75 Å². The van der Waals surface area contributed by atoms with Crippen molar-refractivity contribution in [3.05, 3.63) is 51.7 Å². The number of thiophene rings is 1. The quantitative estimate of drug-likeness (QED) is 0.707. The van der Waals surface area contributed by atoms with Crippen molar-refractivity contribution in [1.82, 2.24) is 5.32 Å². The van der Waals surface area contributed by atoms with Crippen molar-refractivity contribution in [1.29, 1.82) is 0 Å². The standard InChI is InChI=1S/C22H29NO3S/c1-3-26-18-8-6-17(7-9-18)14-21(25)23-15-22(12-4-5-13-22)20-11-10-19(27-20)16(2)24/h6-11,16,24H,3-5,12-15H2,1-2H3,(H,23,25). The second kappa shape index (κ2) is 8.89. The van der Waals surface area contributed by atoms with Gasteiger partial charge in [0, 0.05) is 21.7 Å². The topological polar surface area (TPSA) is 58.6 Å². The Morgan fingerprint density at radius 1 is 1.22 bits per heavy atom. The number of carbonyl (C=O) groups is 1. The lowest BCUT2D eigenvalue weighted by molar-refractivity contribution is -0.120. The Bertz CT molecular complexity index is 745. The molecule has 3 rings (SSSR count). The summed E-state index contributed by atoms with van der Waals surface area (Å²) < 4.78 is 5.44. The first-order valence-corrected chi connectivity index (χ1v) is 10.6. The summed E-state index contributed by atoms with van der Waals surface area (Å²) in [4.78, 5) is 14.8. The minimum atomic E-state index is -0.434. The molecule has 146 valence electrons. The smallest absolute Gasteiger partial charge is 0.224 e. The van der Waals surface area contributed by atoms with Crippen LogP contribution in [0.25, 0.3) is 0 Å². The highest BCUT2D eigenvalue weighted by atomic mass is 32.1. The van der Waals surface area contributed by atoms with Crippen LogP contribution in [0.2, 0.25) is 0 Å². The summed E-state index contributed by atoms with van der Waals surface area (Å²) in [6.45, 7) is 5.07. The maximum absolute atomic E-state index is 12.5. The van der Waals surface area contributed by atoms with E-state index in [0.29, 0.717) is 19.6 Å². The zero-order valence-electron chi connectivity index (χ0n) is 16.2. The molecule has 0 bridgehead atoms. The molecule has 0 radical (unpaired) electrons. The molecule has 1 saturated carbocycles. The highest BCUT2D eigenvalue weighted by molar-refractivity contribution is 7.12. The first-order chi connectivity index (χ1) is 13.0. The molecule has 1 unspecified atom stereocenters. The summed E-state index contributed by atoms with van der Waals surface area (Å²) in [6.07, 6.45) is 4.52. The van der Waals surface area contributed by atoms with Gasteiger partial charge < -0.3 is 15.2 Å². The van der Waals surface area contributed by atoms with Gasteiger partial charge in [-0.15, -0.1) is 11.3 Å². The van der Waals surface area contributed by atoms with Gasteiger partial charge in [0.05, 0.1) is 19.1 Å². The minimum absolute atomic E-state index is 0.0201. The van der Waals surface area contributed by atoms with Crippen LogP contribution in [-0.4, -0.2) is 24.2 Å². The molecule has 2 N–H and O–H groups in total. The minimum Gasteiger partial charge on any atom is -0.494 e. The lowest BCUT2D eigenvalue weighted by Gasteiger charge is -2.28. The number of rotatable bonds is 8. The second-order valence-corrected chi connectivity index (χ2v) is 8.51. The molecule has 1 heterocycles. The number of benzene rings is 1. The first-order valence-electron chi connectivity index (χ1n) is 9.79. The molecule has 1 amide bonds. The normalized spacial score (nSPS) is 16.9. The summed E-state index contributed by atoms with van der Waals surface area (Å²) >= 11 is 1.68. The predicted octanol–water partition coefficient (Wildman–Crippen LogP) is 4.37. The van der Waals surface area contributed by atoms with Gasteiger partial charge in [0.1, 0.15) is 5.75 Å². The maximum Gasteiger partial charge on any atom is 0.224 e. The summed E-state index contributed by atoms with van der Waals surface area (Å²) in [5.74, 6) is 0.885. The molecule has 27 heavy (non-hydrogen) atoms. The van der Waals surface area contributed by atoms with Crippen LogP contribution < -0.4 is 10.1 Å². The summed E-state index contributed by atoms with van der Waals surface area (Å²) in [5, 5.41) is 13.0. The Morgan fingerprint density at radius 3 is 2.52 bits per heavy atom. The molecule has 0 aliphatic heterocycles. The average Bonchev–Trinajstić information content (AvgIpc) is 3.32. The monoisotopic (exact) mass is 387 g/mol. The van der Waals surface area contributed by atoms with Crippen LogP contribution in [0.3, 0.4) is 0 Å². The molecule has 4 nitrogen and oxygen atoms in total. The van der Waals surface area contributed by atoms with Crippen LogP contribution >= 0.6 is 11.3 Å². The third kappa shape index (κ3) is 4.90. The molecule has 1 aliphatic carbocycles. The zero-order chi connectivity index (χ0) is 19.3. The largest absolute Gasteiger partial charge is 0.494 e. The van der Waals surface area contributed by atoms with E-state index in [9.17, 15) is 9.90 Å². The molecule has 1 aromatic heterocycles. The Hall–Kier alpha value is -1.85. The van der Waals surface area contributed by atoms with Gasteiger partial charge in [-0.05, 0) is 56.5 Å². The average molecular weight is 388 g/mol. The fourth-order valence-electron chi connectivity index (χ4n) is 3.81. The number of ether oxygens (including phenoxy) is 1. The highest BCUT2D eigenvalue weighted by Gasteiger charge is 2.37. The molecule has 1 aromatic carbocycles. The lowest BCUT2D eigenvalue weighted by Crippen LogP contribution is -2.39. The van der Waals surface area contributed by atoms with Crippen LogP contribution in [-0.2, 0) is 16.6 Å². The predicted molar refractivity (Wildman–Crippen MR) is 109 cm³/mol. The van der Waals surface area contributed by atoms with Gasteiger partial charge in [0.25, 0.3) is 0 Å². The molecular weight excluding hydrogens is 358 g/mol. The van der Waals surface area contributed by atoms with Gasteiger partial charge in [-0.2, -0.15) is 0 Å². The second-order valence-electron chi connectivity index (χ2n) is 7.40. The Balaban J connectivity index is 1.61. The highest BCUT2D eigenvalue weighted by Crippen LogP contribution is 2.44. The molecule has 0 saturated heterocycles. The van der Waals surface area contributed by atoms with Gasteiger partial charge in [0.2, 0.25) is 5.91 Å². The van der Waals surface area contributed by atoms with E-state index in [-0.39, 0.29) is 11.3 Å². The van der Waals surface area contributed by atoms with Gasteiger partial charge in [0.15, 0.2) is 0 Å². The van der Waals surface area contributed by atoms with Crippen molar-refractivity contribution in [2.24, 2.45) is 0 Å². The number of aliphatic hydroxyl groups excluding tert-OH is 1. The van der Waals surface area contributed by atoms with E-state index in [2.05, 4.69) is 11.4 Å². The molecule has 2 aromatic rings. The Kier molecular flexibility index (Phi) is 6.55. The first kappa shape index (κ1) is 19.9. The number of aliphatic hydroxyl groups is 1. The van der Waals surface area contributed by atoms with Crippen molar-refractivity contribution >= 4 is 17.2 Å².